The van der Waals surface area contributed by atoms with Crippen molar-refractivity contribution < 1.29 is 4.52 Å². The van der Waals surface area contributed by atoms with Gasteiger partial charge >= 0.3 is 0 Å². The number of nitrogen functional groups attached to an aromatic ring is 1. The van der Waals surface area contributed by atoms with Gasteiger partial charge in [0.1, 0.15) is 23.1 Å². The summed E-state index contributed by atoms with van der Waals surface area (Å²) in [6, 6.07) is 1.86. The number of nitrogens with two attached hydrogens (primary N) is 1. The second-order valence-electron chi connectivity index (χ2n) is 3.37. The van der Waals surface area contributed by atoms with Crippen LogP contribution in [0.2, 0.25) is 0 Å². The van der Waals surface area contributed by atoms with E-state index in [1.807, 2.05) is 19.9 Å². The molecule has 0 unspecified atom stereocenters. The number of hydrogen-bond donors (Lipinski definition) is 3. The summed E-state index contributed by atoms with van der Waals surface area (Å²) in [4.78, 5) is 7.09. The number of H-pyrrole nitrogens is 1. The predicted molar refractivity (Wildman–Crippen MR) is 56.3 cm³/mol. The molecule has 6 heteroatoms. The average molecular weight is 207 g/mol. The first-order valence-electron chi connectivity index (χ1n) is 4.63. The third-order valence-corrected chi connectivity index (χ3v) is 1.96. The molecule has 0 saturated carbocycles. The molecule has 15 heavy (non-hydrogen) atoms. The normalized spacial score (nSPS) is 10.5. The first kappa shape index (κ1) is 9.57. The van der Waals surface area contributed by atoms with Gasteiger partial charge in [-0.15, -0.1) is 0 Å². The van der Waals surface area contributed by atoms with Crippen molar-refractivity contribution in [1.29, 1.82) is 0 Å². The fourth-order valence-corrected chi connectivity index (χ4v) is 1.32. The molecule has 0 aliphatic heterocycles. The van der Waals surface area contributed by atoms with Crippen LogP contribution in [-0.2, 0) is 6.54 Å². The topological polar surface area (TPSA) is 92.8 Å². The highest BCUT2D eigenvalue weighted by atomic mass is 16.5. The summed E-state index contributed by atoms with van der Waals surface area (Å²) < 4.78 is 4.94. The first-order valence-corrected chi connectivity index (χ1v) is 4.63. The fourth-order valence-electron chi connectivity index (χ4n) is 1.32. The Kier molecular flexibility index (Phi) is 2.32. The SMILES string of the molecule is Cc1nc(NCc2cc(C)on2)c(N)[nH]1. The van der Waals surface area contributed by atoms with Crippen molar-refractivity contribution in [3.8, 4) is 0 Å². The summed E-state index contributed by atoms with van der Waals surface area (Å²) >= 11 is 0. The number of imidazole rings is 1. The third-order valence-electron chi connectivity index (χ3n) is 1.96. The van der Waals surface area contributed by atoms with Gasteiger partial charge in [-0.3, -0.25) is 0 Å². The Morgan fingerprint density at radius 3 is 2.87 bits per heavy atom. The van der Waals surface area contributed by atoms with Crippen molar-refractivity contribution in [3.63, 3.8) is 0 Å². The zero-order chi connectivity index (χ0) is 10.8. The van der Waals surface area contributed by atoms with E-state index in [0.29, 0.717) is 18.2 Å². The van der Waals surface area contributed by atoms with Crippen molar-refractivity contribution >= 4 is 11.6 Å². The van der Waals surface area contributed by atoms with Crippen LogP contribution >= 0.6 is 0 Å². The van der Waals surface area contributed by atoms with E-state index in [1.54, 1.807) is 0 Å². The van der Waals surface area contributed by atoms with Crippen LogP contribution < -0.4 is 11.1 Å². The maximum Gasteiger partial charge on any atom is 0.169 e. The zero-order valence-electron chi connectivity index (χ0n) is 8.66. The summed E-state index contributed by atoms with van der Waals surface area (Å²) in [5.74, 6) is 2.75. The van der Waals surface area contributed by atoms with Gasteiger partial charge in [0.2, 0.25) is 0 Å². The van der Waals surface area contributed by atoms with E-state index < -0.39 is 0 Å². The number of rotatable bonds is 3. The lowest BCUT2D eigenvalue weighted by atomic mass is 10.4. The quantitative estimate of drug-likeness (QED) is 0.703. The van der Waals surface area contributed by atoms with E-state index in [0.717, 1.165) is 17.3 Å². The molecule has 0 radical (unpaired) electrons. The van der Waals surface area contributed by atoms with Crippen LogP contribution in [0.3, 0.4) is 0 Å². The maximum absolute atomic E-state index is 5.69. The molecule has 0 aliphatic rings. The minimum absolute atomic E-state index is 0.535. The van der Waals surface area contributed by atoms with Gasteiger partial charge in [0, 0.05) is 6.07 Å². The van der Waals surface area contributed by atoms with Crippen LogP contribution in [-0.4, -0.2) is 15.1 Å². The van der Waals surface area contributed by atoms with Gasteiger partial charge in [-0.1, -0.05) is 5.16 Å². The molecule has 0 amide bonds. The lowest BCUT2D eigenvalue weighted by Crippen LogP contribution is -2.02. The first-order chi connectivity index (χ1) is 7.15. The van der Waals surface area contributed by atoms with Crippen LogP contribution in [0.15, 0.2) is 10.6 Å². The van der Waals surface area contributed by atoms with E-state index in [-0.39, 0.29) is 0 Å². The van der Waals surface area contributed by atoms with Crippen LogP contribution in [0.4, 0.5) is 11.6 Å². The zero-order valence-corrected chi connectivity index (χ0v) is 8.66. The summed E-state index contributed by atoms with van der Waals surface area (Å²) in [5, 5.41) is 6.92. The number of hydrogen-bond acceptors (Lipinski definition) is 5. The van der Waals surface area contributed by atoms with Crippen molar-refractivity contribution in [1.82, 2.24) is 15.1 Å². The van der Waals surface area contributed by atoms with Gasteiger partial charge in [-0.25, -0.2) is 4.98 Å². The molecule has 6 nitrogen and oxygen atoms in total. The molecular formula is C9H13N5O. The van der Waals surface area contributed by atoms with Crippen LogP contribution in [0, 0.1) is 13.8 Å². The van der Waals surface area contributed by atoms with E-state index in [9.17, 15) is 0 Å². The van der Waals surface area contributed by atoms with Gasteiger partial charge in [0.15, 0.2) is 5.82 Å². The Bertz CT molecular complexity index is 459. The predicted octanol–water partition coefficient (Wildman–Crippen LogP) is 1.21. The van der Waals surface area contributed by atoms with Crippen LogP contribution in [0.1, 0.15) is 17.3 Å². The second kappa shape index (κ2) is 3.64. The molecule has 2 rings (SSSR count). The molecule has 0 fully saturated rings. The highest BCUT2D eigenvalue weighted by molar-refractivity contribution is 5.56. The molecule has 0 spiro atoms. The lowest BCUT2D eigenvalue weighted by molar-refractivity contribution is 0.391. The van der Waals surface area contributed by atoms with Crippen LogP contribution in [0.25, 0.3) is 0 Å². The standard InChI is InChI=1S/C9H13N5O/c1-5-3-7(14-15-5)4-11-9-8(10)12-6(2)13-9/h3,11H,4,10H2,1-2H3,(H,12,13). The van der Waals surface area contributed by atoms with E-state index in [4.69, 9.17) is 10.3 Å². The molecule has 80 valence electrons. The summed E-state index contributed by atoms with van der Waals surface area (Å²) in [6.07, 6.45) is 0. The van der Waals surface area contributed by atoms with Gasteiger partial charge in [0.25, 0.3) is 0 Å². The number of aromatic amines is 1. The number of nitrogens with zero attached hydrogens (tertiary/aromatic N) is 2. The number of nitrogens with one attached hydrogen (secondary N) is 2. The minimum Gasteiger partial charge on any atom is -0.382 e. The van der Waals surface area contributed by atoms with Gasteiger partial charge in [-0.2, -0.15) is 0 Å². The Morgan fingerprint density at radius 2 is 2.33 bits per heavy atom. The molecule has 0 atom stereocenters. The number of aromatic nitrogens is 3. The van der Waals surface area contributed by atoms with Crippen molar-refractivity contribution in [2.75, 3.05) is 11.1 Å². The summed E-state index contributed by atoms with van der Waals surface area (Å²) in [5.41, 5.74) is 6.51. The molecule has 0 bridgehead atoms. The third kappa shape index (κ3) is 2.09. The fraction of sp³-hybridized carbons (Fsp3) is 0.333. The highest BCUT2D eigenvalue weighted by Crippen LogP contribution is 2.14. The van der Waals surface area contributed by atoms with E-state index in [2.05, 4.69) is 20.4 Å². The molecule has 2 heterocycles. The Balaban J connectivity index is 2.01. The van der Waals surface area contributed by atoms with Gasteiger partial charge in [0.05, 0.1) is 6.54 Å². The monoisotopic (exact) mass is 207 g/mol. The smallest absolute Gasteiger partial charge is 0.169 e. The van der Waals surface area contributed by atoms with E-state index in [1.165, 1.54) is 0 Å². The molecule has 2 aromatic rings. The Hall–Kier alpha value is -1.98. The largest absolute Gasteiger partial charge is 0.382 e. The molecule has 0 saturated heterocycles. The molecule has 0 aromatic carbocycles. The number of aryl methyl sites for hydroxylation is 2. The summed E-state index contributed by atoms with van der Waals surface area (Å²) in [7, 11) is 0. The van der Waals surface area contributed by atoms with Gasteiger partial charge in [-0.05, 0) is 13.8 Å². The molecule has 2 aromatic heterocycles. The Morgan fingerprint density at radius 1 is 1.53 bits per heavy atom. The summed E-state index contributed by atoms with van der Waals surface area (Å²) in [6.45, 7) is 4.25. The lowest BCUT2D eigenvalue weighted by Gasteiger charge is -1.99. The molecular weight excluding hydrogens is 194 g/mol. The van der Waals surface area contributed by atoms with Gasteiger partial charge < -0.3 is 20.6 Å². The van der Waals surface area contributed by atoms with Crippen molar-refractivity contribution in [2.45, 2.75) is 20.4 Å². The van der Waals surface area contributed by atoms with Crippen molar-refractivity contribution in [2.24, 2.45) is 0 Å². The maximum atomic E-state index is 5.69. The molecule has 0 aliphatic carbocycles. The minimum atomic E-state index is 0.535. The molecule has 4 N–H and O–H groups in total. The van der Waals surface area contributed by atoms with Crippen molar-refractivity contribution in [3.05, 3.63) is 23.3 Å². The number of anilines is 2. The van der Waals surface area contributed by atoms with Crippen LogP contribution in [0.5, 0.6) is 0 Å². The average Bonchev–Trinajstić information content (AvgIpc) is 2.70. The Labute approximate surface area is 86.9 Å². The van der Waals surface area contributed by atoms with E-state index >= 15 is 0 Å². The highest BCUT2D eigenvalue weighted by Gasteiger charge is 2.05. The second-order valence-corrected chi connectivity index (χ2v) is 3.37.